The predicted octanol–water partition coefficient (Wildman–Crippen LogP) is 3.91. The van der Waals surface area contributed by atoms with Gasteiger partial charge >= 0.3 is 0 Å². The van der Waals surface area contributed by atoms with Crippen molar-refractivity contribution in [1.29, 1.82) is 0 Å². The lowest BCUT2D eigenvalue weighted by atomic mass is 10.0. The Labute approximate surface area is 119 Å². The van der Waals surface area contributed by atoms with Crippen molar-refractivity contribution >= 4 is 11.6 Å². The maximum atomic E-state index is 6.14. The molecule has 0 amide bonds. The summed E-state index contributed by atoms with van der Waals surface area (Å²) in [4.78, 5) is 0. The lowest BCUT2D eigenvalue weighted by molar-refractivity contribution is 0.415. The minimum Gasteiger partial charge on any atom is -0.495 e. The third-order valence-corrected chi connectivity index (χ3v) is 3.29. The van der Waals surface area contributed by atoms with E-state index in [0.717, 1.165) is 17.5 Å². The topological polar surface area (TPSA) is 35.2 Å². The average molecular weight is 276 g/mol. The summed E-state index contributed by atoms with van der Waals surface area (Å²) >= 11 is 6.14. The van der Waals surface area contributed by atoms with Crippen LogP contribution in [-0.4, -0.2) is 13.2 Å². The second kappa shape index (κ2) is 6.09. The first-order valence-corrected chi connectivity index (χ1v) is 6.66. The fourth-order valence-electron chi connectivity index (χ4n) is 2.05. The maximum absolute atomic E-state index is 6.14. The van der Waals surface area contributed by atoms with E-state index < -0.39 is 0 Å². The normalized spacial score (nSPS) is 12.2. The number of methoxy groups -OCH3 is 1. The lowest BCUT2D eigenvalue weighted by Crippen LogP contribution is -2.17. The lowest BCUT2D eigenvalue weighted by Gasteiger charge is -2.08. The molecular weight excluding hydrogens is 258 g/mol. The van der Waals surface area contributed by atoms with Crippen LogP contribution in [0.25, 0.3) is 11.1 Å². The van der Waals surface area contributed by atoms with E-state index in [9.17, 15) is 0 Å². The highest BCUT2D eigenvalue weighted by Gasteiger charge is 2.04. The SMILES string of the molecule is COc1ccc(-c2ccc(CC(C)N)cc2)cc1Cl. The van der Waals surface area contributed by atoms with Gasteiger partial charge in [0.2, 0.25) is 0 Å². The minimum atomic E-state index is 0.182. The maximum Gasteiger partial charge on any atom is 0.137 e. The number of nitrogens with two attached hydrogens (primary N) is 1. The van der Waals surface area contributed by atoms with Crippen molar-refractivity contribution in [2.75, 3.05) is 7.11 Å². The summed E-state index contributed by atoms with van der Waals surface area (Å²) in [6.07, 6.45) is 0.893. The van der Waals surface area contributed by atoms with Gasteiger partial charge in [-0.1, -0.05) is 41.9 Å². The van der Waals surface area contributed by atoms with Gasteiger partial charge in [-0.3, -0.25) is 0 Å². The van der Waals surface area contributed by atoms with Crippen LogP contribution in [-0.2, 0) is 6.42 Å². The molecule has 0 aromatic heterocycles. The Balaban J connectivity index is 2.24. The molecule has 0 radical (unpaired) electrons. The summed E-state index contributed by atoms with van der Waals surface area (Å²) in [7, 11) is 1.61. The van der Waals surface area contributed by atoms with E-state index in [2.05, 4.69) is 24.3 Å². The number of rotatable bonds is 4. The smallest absolute Gasteiger partial charge is 0.137 e. The van der Waals surface area contributed by atoms with Gasteiger partial charge in [0.1, 0.15) is 5.75 Å². The number of ether oxygens (including phenoxy) is 1. The minimum absolute atomic E-state index is 0.182. The van der Waals surface area contributed by atoms with Gasteiger partial charge in [-0.05, 0) is 42.2 Å². The largest absolute Gasteiger partial charge is 0.495 e. The van der Waals surface area contributed by atoms with Crippen molar-refractivity contribution in [3.05, 3.63) is 53.1 Å². The quantitative estimate of drug-likeness (QED) is 0.918. The second-order valence-corrected chi connectivity index (χ2v) is 5.13. The van der Waals surface area contributed by atoms with E-state index in [1.165, 1.54) is 5.56 Å². The van der Waals surface area contributed by atoms with Gasteiger partial charge in [0.25, 0.3) is 0 Å². The summed E-state index contributed by atoms with van der Waals surface area (Å²) in [5.41, 5.74) is 9.26. The van der Waals surface area contributed by atoms with Crippen LogP contribution in [0.3, 0.4) is 0 Å². The van der Waals surface area contributed by atoms with Crippen LogP contribution >= 0.6 is 11.6 Å². The predicted molar refractivity (Wildman–Crippen MR) is 80.8 cm³/mol. The molecule has 2 rings (SSSR count). The number of hydrogen-bond acceptors (Lipinski definition) is 2. The average Bonchev–Trinajstić information content (AvgIpc) is 2.39. The Morgan fingerprint density at radius 3 is 2.26 bits per heavy atom. The molecule has 0 fully saturated rings. The molecule has 1 unspecified atom stereocenters. The highest BCUT2D eigenvalue weighted by molar-refractivity contribution is 6.32. The van der Waals surface area contributed by atoms with E-state index in [0.29, 0.717) is 10.8 Å². The Hall–Kier alpha value is -1.51. The fourth-order valence-corrected chi connectivity index (χ4v) is 2.31. The molecule has 0 spiro atoms. The number of hydrogen-bond donors (Lipinski definition) is 1. The highest BCUT2D eigenvalue weighted by atomic mass is 35.5. The second-order valence-electron chi connectivity index (χ2n) is 4.73. The van der Waals surface area contributed by atoms with Crippen molar-refractivity contribution in [1.82, 2.24) is 0 Å². The molecule has 3 heteroatoms. The molecule has 2 nitrogen and oxygen atoms in total. The fraction of sp³-hybridized carbons (Fsp3) is 0.250. The van der Waals surface area contributed by atoms with Crippen molar-refractivity contribution in [3.63, 3.8) is 0 Å². The van der Waals surface area contributed by atoms with Gasteiger partial charge in [0.05, 0.1) is 12.1 Å². The van der Waals surface area contributed by atoms with Gasteiger partial charge in [-0.2, -0.15) is 0 Å². The third kappa shape index (κ3) is 3.49. The van der Waals surface area contributed by atoms with Crippen LogP contribution in [0, 0.1) is 0 Å². The van der Waals surface area contributed by atoms with E-state index in [1.807, 2.05) is 25.1 Å². The summed E-state index contributed by atoms with van der Waals surface area (Å²) in [5.74, 6) is 0.694. The molecule has 1 atom stereocenters. The molecule has 19 heavy (non-hydrogen) atoms. The van der Waals surface area contributed by atoms with Crippen LogP contribution in [0.1, 0.15) is 12.5 Å². The molecule has 0 heterocycles. The Morgan fingerprint density at radius 2 is 1.74 bits per heavy atom. The molecule has 0 aliphatic heterocycles. The van der Waals surface area contributed by atoms with Crippen molar-refractivity contribution < 1.29 is 4.74 Å². The zero-order chi connectivity index (χ0) is 13.8. The molecule has 0 saturated carbocycles. The molecule has 2 N–H and O–H groups in total. The Kier molecular flexibility index (Phi) is 4.46. The van der Waals surface area contributed by atoms with Crippen LogP contribution < -0.4 is 10.5 Å². The zero-order valence-electron chi connectivity index (χ0n) is 11.2. The highest BCUT2D eigenvalue weighted by Crippen LogP contribution is 2.30. The monoisotopic (exact) mass is 275 g/mol. The van der Waals surface area contributed by atoms with E-state index in [1.54, 1.807) is 7.11 Å². The van der Waals surface area contributed by atoms with E-state index >= 15 is 0 Å². The summed E-state index contributed by atoms with van der Waals surface area (Å²) in [5, 5.41) is 0.625. The molecule has 2 aromatic carbocycles. The standard InChI is InChI=1S/C16H18ClNO/c1-11(18)9-12-3-5-13(6-4-12)14-7-8-16(19-2)15(17)10-14/h3-8,10-11H,9,18H2,1-2H3. The molecule has 0 saturated heterocycles. The molecule has 100 valence electrons. The van der Waals surface area contributed by atoms with Gasteiger partial charge in [-0.15, -0.1) is 0 Å². The number of halogens is 1. The third-order valence-electron chi connectivity index (χ3n) is 3.00. The summed E-state index contributed by atoms with van der Waals surface area (Å²) < 4.78 is 5.15. The van der Waals surface area contributed by atoms with Crippen LogP contribution in [0.15, 0.2) is 42.5 Å². The van der Waals surface area contributed by atoms with Gasteiger partial charge in [0.15, 0.2) is 0 Å². The van der Waals surface area contributed by atoms with Crippen LogP contribution in [0.4, 0.5) is 0 Å². The van der Waals surface area contributed by atoms with Gasteiger partial charge in [0, 0.05) is 6.04 Å². The Morgan fingerprint density at radius 1 is 1.11 bits per heavy atom. The van der Waals surface area contributed by atoms with Crippen LogP contribution in [0.2, 0.25) is 5.02 Å². The summed E-state index contributed by atoms with van der Waals surface area (Å²) in [6.45, 7) is 2.01. The van der Waals surface area contributed by atoms with Gasteiger partial charge in [-0.25, -0.2) is 0 Å². The van der Waals surface area contributed by atoms with E-state index in [4.69, 9.17) is 22.1 Å². The molecule has 2 aromatic rings. The molecule has 0 aliphatic carbocycles. The van der Waals surface area contributed by atoms with Crippen LogP contribution in [0.5, 0.6) is 5.75 Å². The van der Waals surface area contributed by atoms with Crippen molar-refractivity contribution in [3.8, 4) is 16.9 Å². The first-order chi connectivity index (χ1) is 9.10. The van der Waals surface area contributed by atoms with Crippen molar-refractivity contribution in [2.45, 2.75) is 19.4 Å². The number of benzene rings is 2. The zero-order valence-corrected chi connectivity index (χ0v) is 11.9. The molecular formula is C16H18ClNO. The molecule has 0 bridgehead atoms. The summed E-state index contributed by atoms with van der Waals surface area (Å²) in [6, 6.07) is 14.4. The molecule has 0 aliphatic rings. The first kappa shape index (κ1) is 13.9. The van der Waals surface area contributed by atoms with Crippen molar-refractivity contribution in [2.24, 2.45) is 5.73 Å². The Bertz CT molecular complexity index is 549. The van der Waals surface area contributed by atoms with Gasteiger partial charge < -0.3 is 10.5 Å². The van der Waals surface area contributed by atoms with E-state index in [-0.39, 0.29) is 6.04 Å². The first-order valence-electron chi connectivity index (χ1n) is 6.28.